The van der Waals surface area contributed by atoms with Crippen LogP contribution in [0.15, 0.2) is 36.5 Å². The minimum absolute atomic E-state index is 0.0960. The zero-order chi connectivity index (χ0) is 25.2. The van der Waals surface area contributed by atoms with Crippen molar-refractivity contribution < 1.29 is 22.3 Å². The molecule has 2 aliphatic heterocycles. The largest absolute Gasteiger partial charge is 0.493 e. The van der Waals surface area contributed by atoms with E-state index < -0.39 is 16.0 Å². The highest BCUT2D eigenvalue weighted by molar-refractivity contribution is 7.92. The summed E-state index contributed by atoms with van der Waals surface area (Å²) in [7, 11) is -1.84. The van der Waals surface area contributed by atoms with Crippen molar-refractivity contribution in [3.05, 3.63) is 64.7 Å². The van der Waals surface area contributed by atoms with Gasteiger partial charge in [0.05, 0.1) is 23.5 Å². The fraction of sp³-hybridized carbons (Fsp3) is 0.320. The molecule has 0 saturated heterocycles. The van der Waals surface area contributed by atoms with E-state index in [1.54, 1.807) is 37.4 Å². The van der Waals surface area contributed by atoms with Crippen LogP contribution in [0.1, 0.15) is 39.9 Å². The van der Waals surface area contributed by atoms with Crippen LogP contribution in [0, 0.1) is 12.9 Å². The Morgan fingerprint density at radius 3 is 2.81 bits per heavy atom. The molecule has 0 spiro atoms. The average molecular weight is 510 g/mol. The number of fused-ring (bicyclic) bond motifs is 3. The van der Waals surface area contributed by atoms with Crippen molar-refractivity contribution in [3.8, 4) is 5.75 Å². The molecule has 1 N–H and O–H groups in total. The number of hydrogen-bond acceptors (Lipinski definition) is 7. The second kappa shape index (κ2) is 8.16. The molecule has 36 heavy (non-hydrogen) atoms. The minimum atomic E-state index is -3.37. The molecule has 0 radical (unpaired) electrons. The first-order valence-electron chi connectivity index (χ1n) is 11.7. The van der Waals surface area contributed by atoms with Crippen LogP contribution in [-0.2, 0) is 22.2 Å². The highest BCUT2D eigenvalue weighted by Gasteiger charge is 2.39. The summed E-state index contributed by atoms with van der Waals surface area (Å²) in [5, 5.41) is 2.89. The molecule has 2 aromatic heterocycles. The van der Waals surface area contributed by atoms with Gasteiger partial charge in [0.1, 0.15) is 17.3 Å². The van der Waals surface area contributed by atoms with Crippen LogP contribution in [0.25, 0.3) is 0 Å². The van der Waals surface area contributed by atoms with Gasteiger partial charge in [-0.05, 0) is 55.2 Å². The fourth-order valence-corrected chi connectivity index (χ4v) is 6.06. The second-order valence-electron chi connectivity index (χ2n) is 9.31. The van der Waals surface area contributed by atoms with Crippen molar-refractivity contribution in [2.75, 3.05) is 28.2 Å². The lowest BCUT2D eigenvalue weighted by molar-refractivity contribution is 0.102. The zero-order valence-corrected chi connectivity index (χ0v) is 20.6. The third-order valence-electron chi connectivity index (χ3n) is 6.78. The lowest BCUT2D eigenvalue weighted by Crippen LogP contribution is -2.23. The number of anilines is 4. The lowest BCUT2D eigenvalue weighted by atomic mass is 10.1. The number of hydrogen-bond donors (Lipinski definition) is 1. The van der Waals surface area contributed by atoms with Crippen molar-refractivity contribution in [2.24, 2.45) is 0 Å². The molecule has 186 valence electrons. The number of carbonyl (C=O) groups excluding carboxylic acids is 1. The van der Waals surface area contributed by atoms with Crippen LogP contribution in [0.3, 0.4) is 0 Å². The molecule has 1 aromatic carbocycles. The number of rotatable bonds is 5. The van der Waals surface area contributed by atoms with Gasteiger partial charge < -0.3 is 15.0 Å². The van der Waals surface area contributed by atoms with Gasteiger partial charge in [0, 0.05) is 31.3 Å². The van der Waals surface area contributed by atoms with E-state index in [0.717, 1.165) is 18.4 Å². The smallest absolute Gasteiger partial charge is 0.259 e. The quantitative estimate of drug-likeness (QED) is 0.523. The molecule has 1 fully saturated rings. The highest BCUT2D eigenvalue weighted by Crippen LogP contribution is 2.44. The van der Waals surface area contributed by atoms with Crippen LogP contribution in [-0.4, -0.2) is 44.0 Å². The molecule has 0 bridgehead atoms. The van der Waals surface area contributed by atoms with E-state index in [0.29, 0.717) is 51.9 Å². The van der Waals surface area contributed by atoms with E-state index in [-0.39, 0.29) is 24.3 Å². The molecule has 3 aromatic rings. The highest BCUT2D eigenvalue weighted by atomic mass is 32.2. The predicted molar refractivity (Wildman–Crippen MR) is 133 cm³/mol. The van der Waals surface area contributed by atoms with Gasteiger partial charge in [-0.1, -0.05) is 6.07 Å². The summed E-state index contributed by atoms with van der Waals surface area (Å²) in [6.07, 6.45) is 3.97. The monoisotopic (exact) mass is 509 g/mol. The predicted octanol–water partition coefficient (Wildman–Crippen LogP) is 3.69. The van der Waals surface area contributed by atoms with Crippen molar-refractivity contribution in [2.45, 2.75) is 38.0 Å². The van der Waals surface area contributed by atoms with Crippen molar-refractivity contribution >= 4 is 38.9 Å². The van der Waals surface area contributed by atoms with Gasteiger partial charge in [-0.15, -0.1) is 0 Å². The van der Waals surface area contributed by atoms with Gasteiger partial charge >= 0.3 is 0 Å². The van der Waals surface area contributed by atoms with Gasteiger partial charge in [-0.3, -0.25) is 9.10 Å². The van der Waals surface area contributed by atoms with E-state index in [4.69, 9.17) is 4.74 Å². The summed E-state index contributed by atoms with van der Waals surface area (Å²) < 4.78 is 45.9. The summed E-state index contributed by atoms with van der Waals surface area (Å²) in [5.74, 6) is 0.347. The van der Waals surface area contributed by atoms with E-state index in [1.807, 2.05) is 4.90 Å². The van der Waals surface area contributed by atoms with Crippen LogP contribution in [0.4, 0.5) is 27.4 Å². The lowest BCUT2D eigenvalue weighted by Gasteiger charge is -2.24. The number of aromatic nitrogens is 2. The molecule has 3 aliphatic rings. The zero-order valence-electron chi connectivity index (χ0n) is 19.8. The molecule has 11 heteroatoms. The molecule has 0 atom stereocenters. The van der Waals surface area contributed by atoms with Crippen molar-refractivity contribution in [3.63, 3.8) is 0 Å². The van der Waals surface area contributed by atoms with E-state index in [1.165, 1.54) is 17.4 Å². The standard InChI is InChI=1S/C25H24FN5O4S/c1-14-10-21(26)28-24-22(14)29-25(32)17-11-15(12-27-23(17)31(24)16-6-7-16)8-9-35-20-5-3-4-19-18(20)13-36(33,34)30(19)2/h3-5,10-12,16H,6-9,13H2,1-2H3,(H,29,32). The Labute approximate surface area is 208 Å². The topological polar surface area (TPSA) is 105 Å². The van der Waals surface area contributed by atoms with E-state index in [9.17, 15) is 17.6 Å². The maximum absolute atomic E-state index is 14.2. The number of nitrogens with zero attached hydrogens (tertiary/aromatic N) is 4. The molecule has 1 aliphatic carbocycles. The number of amides is 1. The number of nitrogens with one attached hydrogen (secondary N) is 1. The number of benzene rings is 1. The number of halogens is 1. The average Bonchev–Trinajstić information content (AvgIpc) is 3.64. The summed E-state index contributed by atoms with van der Waals surface area (Å²) in [6.45, 7) is 2.02. The Bertz CT molecular complexity index is 1520. The summed E-state index contributed by atoms with van der Waals surface area (Å²) in [4.78, 5) is 23.7. The number of aryl methyl sites for hydroxylation is 1. The maximum Gasteiger partial charge on any atom is 0.259 e. The summed E-state index contributed by atoms with van der Waals surface area (Å²) in [5.41, 5.74) is 3.54. The molecule has 4 heterocycles. The number of ether oxygens (including phenoxy) is 1. The fourth-order valence-electron chi connectivity index (χ4n) is 4.74. The molecule has 1 saturated carbocycles. The number of carbonyl (C=O) groups is 1. The van der Waals surface area contributed by atoms with Crippen LogP contribution in [0.2, 0.25) is 0 Å². The third-order valence-corrected chi connectivity index (χ3v) is 8.47. The third kappa shape index (κ3) is 3.74. The van der Waals surface area contributed by atoms with Gasteiger partial charge in [0.25, 0.3) is 5.91 Å². The van der Waals surface area contributed by atoms with Gasteiger partial charge in [-0.2, -0.15) is 9.37 Å². The van der Waals surface area contributed by atoms with Crippen LogP contribution < -0.4 is 19.3 Å². The van der Waals surface area contributed by atoms with Crippen LogP contribution in [0.5, 0.6) is 5.75 Å². The van der Waals surface area contributed by atoms with Gasteiger partial charge in [-0.25, -0.2) is 13.4 Å². The molecule has 1 amide bonds. The Hall–Kier alpha value is -3.73. The molecule has 6 rings (SSSR count). The first kappa shape index (κ1) is 22.7. The molecular weight excluding hydrogens is 485 g/mol. The first-order chi connectivity index (χ1) is 17.2. The van der Waals surface area contributed by atoms with Gasteiger partial charge in [0.2, 0.25) is 16.0 Å². The Kier molecular flexibility index (Phi) is 5.15. The Morgan fingerprint density at radius 1 is 1.22 bits per heavy atom. The Morgan fingerprint density at radius 2 is 2.03 bits per heavy atom. The molecule has 9 nitrogen and oxygen atoms in total. The SMILES string of the molecule is Cc1cc(F)nc2c1NC(=O)c1cc(CCOc3cccc4c3CS(=O)(=O)N4C)cnc1N2C1CC1. The number of pyridine rings is 2. The van der Waals surface area contributed by atoms with Crippen LogP contribution >= 0.6 is 0 Å². The van der Waals surface area contributed by atoms with Crippen molar-refractivity contribution in [1.82, 2.24) is 9.97 Å². The van der Waals surface area contributed by atoms with E-state index in [2.05, 4.69) is 15.3 Å². The molecular formula is C25H24FN5O4S. The normalized spacial score (nSPS) is 17.7. The maximum atomic E-state index is 14.2. The first-order valence-corrected chi connectivity index (χ1v) is 13.3. The summed E-state index contributed by atoms with van der Waals surface area (Å²) >= 11 is 0. The van der Waals surface area contributed by atoms with Gasteiger partial charge in [0.15, 0.2) is 5.82 Å². The molecule has 0 unspecified atom stereocenters. The summed E-state index contributed by atoms with van der Waals surface area (Å²) in [6, 6.07) is 8.48. The minimum Gasteiger partial charge on any atom is -0.493 e. The van der Waals surface area contributed by atoms with Crippen molar-refractivity contribution in [1.29, 1.82) is 0 Å². The van der Waals surface area contributed by atoms with E-state index >= 15 is 0 Å². The Balaban J connectivity index is 1.26. The second-order valence-corrected chi connectivity index (χ2v) is 11.3. The number of sulfonamides is 1.